The van der Waals surface area contributed by atoms with Crippen LogP contribution in [-0.2, 0) is 11.2 Å². The lowest BCUT2D eigenvalue weighted by Gasteiger charge is -2.09. The highest BCUT2D eigenvalue weighted by Gasteiger charge is 2.17. The Morgan fingerprint density at radius 2 is 2.06 bits per heavy atom. The van der Waals surface area contributed by atoms with Gasteiger partial charge in [0.15, 0.2) is 0 Å². The minimum atomic E-state index is -0.778. The number of phenolic OH excluding ortho intramolecular Hbond substituents is 1. The normalized spacial score (nSPS) is 12.1. The second-order valence-electron chi connectivity index (χ2n) is 3.83. The third-order valence-electron chi connectivity index (χ3n) is 2.39. The van der Waals surface area contributed by atoms with Gasteiger partial charge in [-0.15, -0.1) is 0 Å². The molecule has 0 unspecified atom stereocenters. The molecule has 1 aromatic carbocycles. The molecule has 1 atom stereocenters. The Bertz CT molecular complexity index is 504. The van der Waals surface area contributed by atoms with Crippen molar-refractivity contribution in [1.29, 1.82) is 0 Å². The monoisotopic (exact) mass is 247 g/mol. The molecule has 2 rings (SSSR count). The van der Waals surface area contributed by atoms with Gasteiger partial charge in [0.25, 0.3) is 5.95 Å². The summed E-state index contributed by atoms with van der Waals surface area (Å²) in [7, 11) is 0. The first kappa shape index (κ1) is 12.2. The van der Waals surface area contributed by atoms with Crippen LogP contribution in [0.1, 0.15) is 5.56 Å². The molecule has 5 nitrogen and oxygen atoms in total. The van der Waals surface area contributed by atoms with Gasteiger partial charge in [-0.05, 0) is 30.2 Å². The van der Waals surface area contributed by atoms with Gasteiger partial charge in [0.2, 0.25) is 0 Å². The summed E-state index contributed by atoms with van der Waals surface area (Å²) in [5.74, 6) is -0.260. The van der Waals surface area contributed by atoms with Crippen LogP contribution in [0.5, 0.6) is 11.7 Å². The molecule has 18 heavy (non-hydrogen) atoms. The van der Waals surface area contributed by atoms with Crippen LogP contribution in [0, 0.1) is 0 Å². The molecule has 0 amide bonds. The van der Waals surface area contributed by atoms with Gasteiger partial charge in [0.1, 0.15) is 11.8 Å². The average Bonchev–Trinajstić information content (AvgIpc) is 2.85. The van der Waals surface area contributed by atoms with Crippen molar-refractivity contribution in [3.05, 3.63) is 48.2 Å². The fraction of sp³-hybridized carbons (Fsp3) is 0.154. The van der Waals surface area contributed by atoms with Crippen LogP contribution in [-0.4, -0.2) is 17.1 Å². The summed E-state index contributed by atoms with van der Waals surface area (Å²) < 4.78 is 9.82. The SMILES string of the molecule is N[C@@H](Cc1ccc(O)cc1)C(=O)Oc1ccco1. The van der Waals surface area contributed by atoms with Gasteiger partial charge < -0.3 is 20.0 Å². The van der Waals surface area contributed by atoms with Gasteiger partial charge in [0.05, 0.1) is 6.26 Å². The zero-order chi connectivity index (χ0) is 13.0. The minimum absolute atomic E-state index is 0.126. The van der Waals surface area contributed by atoms with Gasteiger partial charge in [-0.3, -0.25) is 0 Å². The van der Waals surface area contributed by atoms with Crippen LogP contribution in [0.15, 0.2) is 47.1 Å². The Kier molecular flexibility index (Phi) is 3.64. The summed E-state index contributed by atoms with van der Waals surface area (Å²) in [6.45, 7) is 0. The molecule has 0 aliphatic heterocycles. The number of ether oxygens (including phenoxy) is 1. The summed E-state index contributed by atoms with van der Waals surface area (Å²) in [6, 6.07) is 8.86. The number of carbonyl (C=O) groups is 1. The van der Waals surface area contributed by atoms with E-state index in [-0.39, 0.29) is 11.7 Å². The molecule has 0 aliphatic carbocycles. The number of rotatable bonds is 4. The van der Waals surface area contributed by atoms with Crippen molar-refractivity contribution in [2.75, 3.05) is 0 Å². The fourth-order valence-corrected chi connectivity index (χ4v) is 1.47. The Balaban J connectivity index is 1.93. The number of carbonyl (C=O) groups excluding carboxylic acids is 1. The Hall–Kier alpha value is -2.27. The second kappa shape index (κ2) is 5.37. The molecule has 3 N–H and O–H groups in total. The molecule has 0 spiro atoms. The molecule has 0 saturated carbocycles. The van der Waals surface area contributed by atoms with E-state index in [9.17, 15) is 4.79 Å². The van der Waals surface area contributed by atoms with Gasteiger partial charge in [0, 0.05) is 6.07 Å². The zero-order valence-electron chi connectivity index (χ0n) is 9.58. The van der Waals surface area contributed by atoms with Gasteiger partial charge in [-0.25, -0.2) is 4.79 Å². The van der Waals surface area contributed by atoms with Crippen LogP contribution in [0.25, 0.3) is 0 Å². The Morgan fingerprint density at radius 3 is 2.67 bits per heavy atom. The third kappa shape index (κ3) is 3.11. The average molecular weight is 247 g/mol. The van der Waals surface area contributed by atoms with Gasteiger partial charge in [-0.1, -0.05) is 12.1 Å². The quantitative estimate of drug-likeness (QED) is 0.799. The van der Waals surface area contributed by atoms with E-state index in [2.05, 4.69) is 0 Å². The van der Waals surface area contributed by atoms with E-state index in [1.165, 1.54) is 12.3 Å². The molecule has 1 aromatic heterocycles. The zero-order valence-corrected chi connectivity index (χ0v) is 9.58. The highest BCUT2D eigenvalue weighted by atomic mass is 16.6. The lowest BCUT2D eigenvalue weighted by atomic mass is 10.1. The van der Waals surface area contributed by atoms with E-state index in [4.69, 9.17) is 20.0 Å². The first-order chi connectivity index (χ1) is 8.65. The summed E-state index contributed by atoms with van der Waals surface area (Å²) in [5.41, 5.74) is 6.57. The largest absolute Gasteiger partial charge is 0.508 e. The topological polar surface area (TPSA) is 85.7 Å². The molecule has 0 fully saturated rings. The molecule has 94 valence electrons. The highest BCUT2D eigenvalue weighted by molar-refractivity contribution is 5.77. The molecule has 1 heterocycles. The van der Waals surface area contributed by atoms with Crippen molar-refractivity contribution in [2.24, 2.45) is 5.73 Å². The molecule has 0 aliphatic rings. The highest BCUT2D eigenvalue weighted by Crippen LogP contribution is 2.13. The maximum atomic E-state index is 11.6. The summed E-state index contributed by atoms with van der Waals surface area (Å²) in [4.78, 5) is 11.6. The van der Waals surface area contributed by atoms with Gasteiger partial charge in [-0.2, -0.15) is 0 Å². The molecule has 0 saturated heterocycles. The number of aromatic hydroxyl groups is 1. The lowest BCUT2D eigenvalue weighted by Crippen LogP contribution is -2.36. The summed E-state index contributed by atoms with van der Waals surface area (Å²) in [5, 5.41) is 9.14. The maximum absolute atomic E-state index is 11.6. The molecular formula is C13H13NO4. The van der Waals surface area contributed by atoms with Crippen molar-refractivity contribution in [3.63, 3.8) is 0 Å². The van der Waals surface area contributed by atoms with Crippen LogP contribution in [0.2, 0.25) is 0 Å². The van der Waals surface area contributed by atoms with Crippen molar-refractivity contribution in [2.45, 2.75) is 12.5 Å². The van der Waals surface area contributed by atoms with E-state index in [0.717, 1.165) is 5.56 Å². The molecule has 0 bridgehead atoms. The van der Waals surface area contributed by atoms with Crippen molar-refractivity contribution in [3.8, 4) is 11.7 Å². The molecule has 2 aromatic rings. The number of hydrogen-bond donors (Lipinski definition) is 2. The van der Waals surface area contributed by atoms with Crippen LogP contribution in [0.4, 0.5) is 0 Å². The first-order valence-electron chi connectivity index (χ1n) is 5.44. The minimum Gasteiger partial charge on any atom is -0.508 e. The summed E-state index contributed by atoms with van der Waals surface area (Å²) >= 11 is 0. The number of hydrogen-bond acceptors (Lipinski definition) is 5. The maximum Gasteiger partial charge on any atom is 0.331 e. The van der Waals surface area contributed by atoms with E-state index < -0.39 is 12.0 Å². The van der Waals surface area contributed by atoms with E-state index in [0.29, 0.717) is 6.42 Å². The molecule has 0 radical (unpaired) electrons. The Labute approximate surface area is 104 Å². The first-order valence-corrected chi connectivity index (χ1v) is 5.44. The second-order valence-corrected chi connectivity index (χ2v) is 3.83. The smallest absolute Gasteiger partial charge is 0.331 e. The van der Waals surface area contributed by atoms with E-state index in [1.54, 1.807) is 30.3 Å². The third-order valence-corrected chi connectivity index (χ3v) is 2.39. The van der Waals surface area contributed by atoms with E-state index >= 15 is 0 Å². The molecular weight excluding hydrogens is 234 g/mol. The number of phenols is 1. The van der Waals surface area contributed by atoms with Crippen LogP contribution in [0.3, 0.4) is 0 Å². The number of furan rings is 1. The van der Waals surface area contributed by atoms with Crippen molar-refractivity contribution >= 4 is 5.97 Å². The predicted octanol–water partition coefficient (Wildman–Crippen LogP) is 1.46. The number of benzene rings is 1. The fourth-order valence-electron chi connectivity index (χ4n) is 1.47. The standard InChI is InChI=1S/C13H13NO4/c14-11(8-9-3-5-10(15)6-4-9)13(16)18-12-2-1-7-17-12/h1-7,11,15H,8,14H2/t11-/m0/s1. The van der Waals surface area contributed by atoms with E-state index in [1.807, 2.05) is 0 Å². The lowest BCUT2D eigenvalue weighted by molar-refractivity contribution is -0.137. The van der Waals surface area contributed by atoms with Crippen LogP contribution >= 0.6 is 0 Å². The molecule has 5 heteroatoms. The predicted molar refractivity (Wildman–Crippen MR) is 64.1 cm³/mol. The van der Waals surface area contributed by atoms with Crippen molar-refractivity contribution in [1.82, 2.24) is 0 Å². The number of esters is 1. The summed E-state index contributed by atoms with van der Waals surface area (Å²) in [6.07, 6.45) is 1.74. The van der Waals surface area contributed by atoms with Crippen LogP contribution < -0.4 is 10.5 Å². The number of nitrogens with two attached hydrogens (primary N) is 1. The van der Waals surface area contributed by atoms with Gasteiger partial charge >= 0.3 is 5.97 Å². The van der Waals surface area contributed by atoms with Crippen molar-refractivity contribution < 1.29 is 19.1 Å². The Morgan fingerprint density at radius 1 is 1.33 bits per heavy atom.